The van der Waals surface area contributed by atoms with Crippen LogP contribution >= 0.6 is 0 Å². The van der Waals surface area contributed by atoms with Gasteiger partial charge in [0, 0.05) is 31.6 Å². The molecule has 0 unspecified atom stereocenters. The van der Waals surface area contributed by atoms with Crippen molar-refractivity contribution in [2.75, 3.05) is 13.1 Å². The molecule has 0 atom stereocenters. The minimum Gasteiger partial charge on any atom is -0.490 e. The Bertz CT molecular complexity index is 738. The topological polar surface area (TPSA) is 76.4 Å². The summed E-state index contributed by atoms with van der Waals surface area (Å²) in [5, 5.41) is 14.8. The molecule has 1 aromatic carbocycles. The molecule has 0 amide bonds. The molecule has 3 rings (SSSR count). The number of nitrogens with zero attached hydrogens (tertiary/aromatic N) is 4. The number of aromatic nitrogens is 3. The van der Waals surface area contributed by atoms with E-state index in [1.807, 2.05) is 18.2 Å². The lowest BCUT2D eigenvalue weighted by Gasteiger charge is -2.27. The number of aliphatic imine (C=N–C) groups is 1. The second kappa shape index (κ2) is 9.94. The lowest BCUT2D eigenvalue weighted by atomic mass is 9.96. The van der Waals surface area contributed by atoms with E-state index in [0.29, 0.717) is 12.6 Å². The first-order valence-corrected chi connectivity index (χ1v) is 9.93. The van der Waals surface area contributed by atoms with E-state index in [2.05, 4.69) is 45.3 Å². The van der Waals surface area contributed by atoms with Crippen molar-refractivity contribution in [3.8, 4) is 5.75 Å². The molecule has 0 bridgehead atoms. The monoisotopic (exact) mass is 370 g/mol. The van der Waals surface area contributed by atoms with Crippen LogP contribution in [0.1, 0.15) is 44.5 Å². The minimum absolute atomic E-state index is 0.373. The largest absolute Gasteiger partial charge is 0.490 e. The smallest absolute Gasteiger partial charge is 0.191 e. The first-order chi connectivity index (χ1) is 13.3. The molecule has 146 valence electrons. The zero-order valence-electron chi connectivity index (χ0n) is 16.3. The van der Waals surface area contributed by atoms with E-state index in [9.17, 15) is 0 Å². The van der Waals surface area contributed by atoms with Gasteiger partial charge in [-0.2, -0.15) is 0 Å². The average Bonchev–Trinajstić information content (AvgIpc) is 3.11. The average molecular weight is 371 g/mol. The maximum Gasteiger partial charge on any atom is 0.191 e. The van der Waals surface area contributed by atoms with Gasteiger partial charge >= 0.3 is 0 Å². The molecule has 0 aliphatic heterocycles. The molecule has 27 heavy (non-hydrogen) atoms. The van der Waals surface area contributed by atoms with Crippen molar-refractivity contribution in [3.63, 3.8) is 0 Å². The van der Waals surface area contributed by atoms with Crippen LogP contribution in [-0.4, -0.2) is 39.9 Å². The summed E-state index contributed by atoms with van der Waals surface area (Å²) in [4.78, 5) is 4.73. The quantitative estimate of drug-likeness (QED) is 0.524. The third-order valence-corrected chi connectivity index (χ3v) is 4.73. The number of hydrogen-bond acceptors (Lipinski definition) is 4. The van der Waals surface area contributed by atoms with Crippen LogP contribution < -0.4 is 15.4 Å². The molecule has 1 heterocycles. The predicted octanol–water partition coefficient (Wildman–Crippen LogP) is 2.53. The summed E-state index contributed by atoms with van der Waals surface area (Å²) < 4.78 is 8.17. The molecule has 2 N–H and O–H groups in total. The molecular formula is C20H30N6O. The molecule has 7 heteroatoms. The number of para-hydroxylation sites is 1. The van der Waals surface area contributed by atoms with Crippen molar-refractivity contribution in [1.29, 1.82) is 0 Å². The first kappa shape index (κ1) is 19.2. The van der Waals surface area contributed by atoms with Crippen molar-refractivity contribution in [3.05, 3.63) is 42.0 Å². The molecule has 0 radical (unpaired) electrons. The molecule has 0 saturated heterocycles. The van der Waals surface area contributed by atoms with Gasteiger partial charge in [0.2, 0.25) is 0 Å². The first-order valence-electron chi connectivity index (χ1n) is 9.93. The second-order valence-electron chi connectivity index (χ2n) is 6.69. The fraction of sp³-hybridized carbons (Fsp3) is 0.550. The highest BCUT2D eigenvalue weighted by Crippen LogP contribution is 2.27. The Kier molecular flexibility index (Phi) is 7.07. The molecule has 1 fully saturated rings. The van der Waals surface area contributed by atoms with Crippen LogP contribution in [0.2, 0.25) is 0 Å². The maximum atomic E-state index is 6.10. The van der Waals surface area contributed by atoms with E-state index in [1.54, 1.807) is 6.33 Å². The van der Waals surface area contributed by atoms with Crippen LogP contribution in [0.5, 0.6) is 5.75 Å². The third kappa shape index (κ3) is 5.45. The van der Waals surface area contributed by atoms with E-state index in [4.69, 9.17) is 9.73 Å². The molecule has 1 aliphatic rings. The number of benzene rings is 1. The molecular weight excluding hydrogens is 340 g/mol. The molecule has 1 saturated carbocycles. The van der Waals surface area contributed by atoms with E-state index in [1.165, 1.54) is 6.42 Å². The number of hydrogen-bond donors (Lipinski definition) is 2. The van der Waals surface area contributed by atoms with E-state index >= 15 is 0 Å². The Hall–Kier alpha value is -2.57. The van der Waals surface area contributed by atoms with Crippen LogP contribution in [0.3, 0.4) is 0 Å². The Labute approximate surface area is 161 Å². The maximum absolute atomic E-state index is 6.10. The fourth-order valence-electron chi connectivity index (χ4n) is 2.96. The van der Waals surface area contributed by atoms with E-state index in [-0.39, 0.29) is 0 Å². The molecule has 7 nitrogen and oxygen atoms in total. The highest BCUT2D eigenvalue weighted by molar-refractivity contribution is 5.79. The second-order valence-corrected chi connectivity index (χ2v) is 6.69. The molecule has 2 aromatic rings. The van der Waals surface area contributed by atoms with Crippen molar-refractivity contribution in [1.82, 2.24) is 25.4 Å². The molecule has 0 spiro atoms. The summed E-state index contributed by atoms with van der Waals surface area (Å²) in [7, 11) is 0. The zero-order valence-corrected chi connectivity index (χ0v) is 16.3. The van der Waals surface area contributed by atoms with Crippen molar-refractivity contribution in [2.45, 2.75) is 58.7 Å². The van der Waals surface area contributed by atoms with Crippen molar-refractivity contribution >= 4 is 5.96 Å². The van der Waals surface area contributed by atoms with Crippen LogP contribution in [0.15, 0.2) is 35.6 Å². The Morgan fingerprint density at radius 2 is 2.11 bits per heavy atom. The fourth-order valence-corrected chi connectivity index (χ4v) is 2.96. The summed E-state index contributed by atoms with van der Waals surface area (Å²) in [5.41, 5.74) is 1.12. The van der Waals surface area contributed by atoms with Gasteiger partial charge in [0.1, 0.15) is 17.9 Å². The van der Waals surface area contributed by atoms with Gasteiger partial charge in [-0.3, -0.25) is 0 Å². The van der Waals surface area contributed by atoms with Crippen LogP contribution in [0, 0.1) is 0 Å². The lowest BCUT2D eigenvalue weighted by Crippen LogP contribution is -2.39. The summed E-state index contributed by atoms with van der Waals surface area (Å²) in [5.74, 6) is 2.77. The van der Waals surface area contributed by atoms with Gasteiger partial charge in [-0.1, -0.05) is 25.1 Å². The van der Waals surface area contributed by atoms with Gasteiger partial charge < -0.3 is 19.9 Å². The van der Waals surface area contributed by atoms with E-state index in [0.717, 1.165) is 62.0 Å². The standard InChI is InChI=1S/C20H30N6O/c1-3-19-25-24-15-26(19)13-12-22-20(21-4-2)23-14-16-8-5-6-11-18(16)27-17-9-7-10-17/h5-6,8,11,15,17H,3-4,7,9-10,12-14H2,1-2H3,(H2,21,22,23). The normalized spacial score (nSPS) is 14.7. The molecule has 1 aliphatic carbocycles. The number of rotatable bonds is 9. The van der Waals surface area contributed by atoms with Gasteiger partial charge in [0.15, 0.2) is 5.96 Å². The molecule has 1 aromatic heterocycles. The SMILES string of the molecule is CCNC(=NCc1ccccc1OC1CCC1)NCCn1cnnc1CC. The lowest BCUT2D eigenvalue weighted by molar-refractivity contribution is 0.119. The number of ether oxygens (including phenoxy) is 1. The Morgan fingerprint density at radius 3 is 2.85 bits per heavy atom. The van der Waals surface area contributed by atoms with Gasteiger partial charge in [0.05, 0.1) is 12.6 Å². The highest BCUT2D eigenvalue weighted by Gasteiger charge is 2.20. The Morgan fingerprint density at radius 1 is 1.26 bits per heavy atom. The Balaban J connectivity index is 1.57. The van der Waals surface area contributed by atoms with Gasteiger partial charge in [-0.05, 0) is 32.3 Å². The summed E-state index contributed by atoms with van der Waals surface area (Å²) in [6.07, 6.45) is 6.61. The van der Waals surface area contributed by atoms with Crippen LogP contribution in [0.25, 0.3) is 0 Å². The van der Waals surface area contributed by atoms with Crippen LogP contribution in [0.4, 0.5) is 0 Å². The van der Waals surface area contributed by atoms with Crippen molar-refractivity contribution in [2.24, 2.45) is 4.99 Å². The van der Waals surface area contributed by atoms with Gasteiger partial charge in [0.25, 0.3) is 0 Å². The zero-order chi connectivity index (χ0) is 18.9. The van der Waals surface area contributed by atoms with Crippen molar-refractivity contribution < 1.29 is 4.74 Å². The summed E-state index contributed by atoms with van der Waals surface area (Å²) >= 11 is 0. The van der Waals surface area contributed by atoms with Crippen LogP contribution in [-0.2, 0) is 19.5 Å². The highest BCUT2D eigenvalue weighted by atomic mass is 16.5. The third-order valence-electron chi connectivity index (χ3n) is 4.73. The predicted molar refractivity (Wildman–Crippen MR) is 107 cm³/mol. The van der Waals surface area contributed by atoms with E-state index < -0.39 is 0 Å². The number of nitrogens with one attached hydrogen (secondary N) is 2. The summed E-state index contributed by atoms with van der Waals surface area (Å²) in [6.45, 7) is 7.13. The summed E-state index contributed by atoms with van der Waals surface area (Å²) in [6, 6.07) is 8.19. The minimum atomic E-state index is 0.373. The van der Waals surface area contributed by atoms with Gasteiger partial charge in [-0.25, -0.2) is 4.99 Å². The van der Waals surface area contributed by atoms with Gasteiger partial charge in [-0.15, -0.1) is 10.2 Å². The number of guanidine groups is 1. The number of aryl methyl sites for hydroxylation is 1.